The van der Waals surface area contributed by atoms with Gasteiger partial charge in [-0.1, -0.05) is 6.92 Å². The van der Waals surface area contributed by atoms with E-state index in [2.05, 4.69) is 25.8 Å². The van der Waals surface area contributed by atoms with Crippen LogP contribution in [0.4, 0.5) is 0 Å². The molecule has 3 heteroatoms. The van der Waals surface area contributed by atoms with Crippen molar-refractivity contribution < 1.29 is 4.74 Å². The van der Waals surface area contributed by atoms with E-state index < -0.39 is 0 Å². The fourth-order valence-corrected chi connectivity index (χ4v) is 2.25. The van der Waals surface area contributed by atoms with Crippen molar-refractivity contribution in [3.8, 4) is 0 Å². The highest BCUT2D eigenvalue weighted by molar-refractivity contribution is 4.99. The van der Waals surface area contributed by atoms with Crippen molar-refractivity contribution in [2.24, 2.45) is 5.73 Å². The standard InChI is InChI=1S/C10H22N2O/c1-4-6-12(3)10(8-11)5-7-13-9(10)2/h9H,4-8,11H2,1-3H3. The number of nitrogens with zero attached hydrogens (tertiary/aromatic N) is 1. The van der Waals surface area contributed by atoms with Gasteiger partial charge in [-0.25, -0.2) is 0 Å². The summed E-state index contributed by atoms with van der Waals surface area (Å²) in [6, 6.07) is 0. The average Bonchev–Trinajstić information content (AvgIpc) is 2.48. The molecule has 1 aliphatic heterocycles. The third-order valence-corrected chi connectivity index (χ3v) is 3.33. The minimum Gasteiger partial charge on any atom is -0.376 e. The molecule has 2 atom stereocenters. The van der Waals surface area contributed by atoms with Crippen LogP contribution in [-0.2, 0) is 4.74 Å². The molecular formula is C10H22N2O. The molecule has 2 unspecified atom stereocenters. The zero-order chi connectivity index (χ0) is 9.90. The van der Waals surface area contributed by atoms with E-state index in [0.717, 1.165) is 19.6 Å². The van der Waals surface area contributed by atoms with Crippen molar-refractivity contribution >= 4 is 0 Å². The normalized spacial score (nSPS) is 34.4. The first-order valence-corrected chi connectivity index (χ1v) is 5.20. The third kappa shape index (κ3) is 1.87. The van der Waals surface area contributed by atoms with Crippen molar-refractivity contribution in [1.29, 1.82) is 0 Å². The molecule has 0 bridgehead atoms. The van der Waals surface area contributed by atoms with Crippen LogP contribution in [0.25, 0.3) is 0 Å². The van der Waals surface area contributed by atoms with E-state index in [0.29, 0.717) is 6.54 Å². The first-order chi connectivity index (χ1) is 6.17. The van der Waals surface area contributed by atoms with Crippen LogP contribution in [0.2, 0.25) is 0 Å². The lowest BCUT2D eigenvalue weighted by Gasteiger charge is -2.40. The summed E-state index contributed by atoms with van der Waals surface area (Å²) in [6.45, 7) is 6.98. The third-order valence-electron chi connectivity index (χ3n) is 3.33. The largest absolute Gasteiger partial charge is 0.376 e. The van der Waals surface area contributed by atoms with Gasteiger partial charge >= 0.3 is 0 Å². The molecule has 1 heterocycles. The molecule has 1 saturated heterocycles. The summed E-state index contributed by atoms with van der Waals surface area (Å²) < 4.78 is 5.61. The van der Waals surface area contributed by atoms with Gasteiger partial charge in [0.25, 0.3) is 0 Å². The Balaban J connectivity index is 2.67. The molecule has 0 aliphatic carbocycles. The van der Waals surface area contributed by atoms with E-state index in [4.69, 9.17) is 10.5 Å². The van der Waals surface area contributed by atoms with Gasteiger partial charge in [0.15, 0.2) is 0 Å². The SMILES string of the molecule is CCCN(C)C1(CN)CCOC1C. The van der Waals surface area contributed by atoms with Gasteiger partial charge in [-0.3, -0.25) is 4.90 Å². The molecule has 1 rings (SSSR count). The highest BCUT2D eigenvalue weighted by Gasteiger charge is 2.43. The Morgan fingerprint density at radius 2 is 2.31 bits per heavy atom. The van der Waals surface area contributed by atoms with E-state index in [1.807, 2.05) is 0 Å². The topological polar surface area (TPSA) is 38.5 Å². The predicted octanol–water partition coefficient (Wildman–Crippen LogP) is 0.834. The van der Waals surface area contributed by atoms with Crippen LogP contribution in [0.5, 0.6) is 0 Å². The lowest BCUT2D eigenvalue weighted by molar-refractivity contribution is 0.0285. The number of hydrogen-bond acceptors (Lipinski definition) is 3. The van der Waals surface area contributed by atoms with Gasteiger partial charge < -0.3 is 10.5 Å². The van der Waals surface area contributed by atoms with Crippen LogP contribution in [0, 0.1) is 0 Å². The van der Waals surface area contributed by atoms with Crippen LogP contribution in [0.3, 0.4) is 0 Å². The molecule has 1 fully saturated rings. The Morgan fingerprint density at radius 1 is 1.62 bits per heavy atom. The van der Waals surface area contributed by atoms with Crippen molar-refractivity contribution in [3.05, 3.63) is 0 Å². The Bertz CT molecular complexity index is 163. The van der Waals surface area contributed by atoms with Gasteiger partial charge in [-0.05, 0) is 33.4 Å². The first kappa shape index (κ1) is 11.0. The minimum absolute atomic E-state index is 0.0933. The Labute approximate surface area is 81.2 Å². The molecule has 2 N–H and O–H groups in total. The quantitative estimate of drug-likeness (QED) is 0.707. The molecule has 13 heavy (non-hydrogen) atoms. The highest BCUT2D eigenvalue weighted by atomic mass is 16.5. The summed E-state index contributed by atoms with van der Waals surface area (Å²) >= 11 is 0. The van der Waals surface area contributed by atoms with Crippen LogP contribution in [0.1, 0.15) is 26.7 Å². The maximum atomic E-state index is 5.87. The van der Waals surface area contributed by atoms with Gasteiger partial charge in [-0.15, -0.1) is 0 Å². The van der Waals surface area contributed by atoms with Gasteiger partial charge in [0.05, 0.1) is 11.6 Å². The summed E-state index contributed by atoms with van der Waals surface area (Å²) in [5.74, 6) is 0. The summed E-state index contributed by atoms with van der Waals surface area (Å²) in [7, 11) is 2.15. The maximum Gasteiger partial charge on any atom is 0.0743 e. The molecule has 0 aromatic carbocycles. The second-order valence-electron chi connectivity index (χ2n) is 3.99. The van der Waals surface area contributed by atoms with Gasteiger partial charge in [0.2, 0.25) is 0 Å². The Morgan fingerprint density at radius 3 is 2.69 bits per heavy atom. The fourth-order valence-electron chi connectivity index (χ4n) is 2.25. The van der Waals surface area contributed by atoms with E-state index in [1.165, 1.54) is 6.42 Å². The summed E-state index contributed by atoms with van der Waals surface area (Å²) in [5.41, 5.74) is 5.96. The molecule has 78 valence electrons. The van der Waals surface area contributed by atoms with Crippen molar-refractivity contribution in [3.63, 3.8) is 0 Å². The highest BCUT2D eigenvalue weighted by Crippen LogP contribution is 2.30. The lowest BCUT2D eigenvalue weighted by Crippen LogP contribution is -2.56. The van der Waals surface area contributed by atoms with Crippen LogP contribution < -0.4 is 5.73 Å². The Hall–Kier alpha value is -0.120. The zero-order valence-electron chi connectivity index (χ0n) is 9.05. The number of likely N-dealkylation sites (N-methyl/N-ethyl adjacent to an activating group) is 1. The number of rotatable bonds is 4. The van der Waals surface area contributed by atoms with Gasteiger partial charge in [0, 0.05) is 13.2 Å². The molecule has 3 nitrogen and oxygen atoms in total. The van der Waals surface area contributed by atoms with Crippen LogP contribution in [-0.4, -0.2) is 43.3 Å². The van der Waals surface area contributed by atoms with Crippen LogP contribution >= 0.6 is 0 Å². The van der Waals surface area contributed by atoms with E-state index in [9.17, 15) is 0 Å². The van der Waals surface area contributed by atoms with Crippen molar-refractivity contribution in [1.82, 2.24) is 4.90 Å². The summed E-state index contributed by atoms with van der Waals surface area (Å²) in [5, 5.41) is 0. The number of nitrogens with two attached hydrogens (primary N) is 1. The smallest absolute Gasteiger partial charge is 0.0743 e. The second kappa shape index (κ2) is 4.40. The van der Waals surface area contributed by atoms with Gasteiger partial charge in [0.1, 0.15) is 0 Å². The van der Waals surface area contributed by atoms with E-state index in [1.54, 1.807) is 0 Å². The molecule has 0 saturated carbocycles. The van der Waals surface area contributed by atoms with Gasteiger partial charge in [-0.2, -0.15) is 0 Å². The van der Waals surface area contributed by atoms with Crippen molar-refractivity contribution in [2.75, 3.05) is 26.7 Å². The molecule has 0 aromatic rings. The number of ether oxygens (including phenoxy) is 1. The molecule has 0 spiro atoms. The van der Waals surface area contributed by atoms with Crippen molar-refractivity contribution in [2.45, 2.75) is 38.3 Å². The second-order valence-corrected chi connectivity index (χ2v) is 3.99. The first-order valence-electron chi connectivity index (χ1n) is 5.20. The molecule has 0 radical (unpaired) electrons. The molecule has 0 aromatic heterocycles. The molecule has 0 amide bonds. The van der Waals surface area contributed by atoms with E-state index in [-0.39, 0.29) is 11.6 Å². The molecule has 1 aliphatic rings. The summed E-state index contributed by atoms with van der Waals surface area (Å²) in [6.07, 6.45) is 2.51. The summed E-state index contributed by atoms with van der Waals surface area (Å²) in [4.78, 5) is 2.37. The monoisotopic (exact) mass is 186 g/mol. The van der Waals surface area contributed by atoms with E-state index >= 15 is 0 Å². The van der Waals surface area contributed by atoms with Crippen LogP contribution in [0.15, 0.2) is 0 Å². The fraction of sp³-hybridized carbons (Fsp3) is 1.00. The minimum atomic E-state index is 0.0933. The number of hydrogen-bond donors (Lipinski definition) is 1. The Kier molecular flexibility index (Phi) is 3.71. The lowest BCUT2D eigenvalue weighted by atomic mass is 9.90. The molecular weight excluding hydrogens is 164 g/mol. The maximum absolute atomic E-state index is 5.87. The average molecular weight is 186 g/mol. The zero-order valence-corrected chi connectivity index (χ0v) is 9.05. The predicted molar refractivity (Wildman–Crippen MR) is 54.7 cm³/mol.